The van der Waals surface area contributed by atoms with Crippen molar-refractivity contribution in [3.05, 3.63) is 83.4 Å². The zero-order valence-electron chi connectivity index (χ0n) is 10.3. The van der Waals surface area contributed by atoms with Gasteiger partial charge >= 0.3 is 0 Å². The Hall–Kier alpha value is -1.86. The Balaban J connectivity index is 2.02. The van der Waals surface area contributed by atoms with Gasteiger partial charge in [-0.2, -0.15) is 0 Å². The van der Waals surface area contributed by atoms with E-state index in [4.69, 9.17) is 6.11 Å². The Morgan fingerprint density at radius 2 is 1.76 bits per heavy atom. The molecule has 82 valence electrons. The Bertz CT molecular complexity index is 649. The van der Waals surface area contributed by atoms with Crippen LogP contribution < -0.4 is 0 Å². The molecule has 0 unspecified atom stereocenters. The highest BCUT2D eigenvalue weighted by Crippen LogP contribution is 2.53. The first-order valence-electron chi connectivity index (χ1n) is 6.31. The quantitative estimate of drug-likeness (QED) is 0.669. The highest BCUT2D eigenvalue weighted by Gasteiger charge is 2.47. The van der Waals surface area contributed by atoms with Gasteiger partial charge in [-0.3, -0.25) is 0 Å². The molecule has 1 heteroatoms. The fourth-order valence-electron chi connectivity index (χ4n) is 2.74. The first kappa shape index (κ1) is 8.26. The van der Waals surface area contributed by atoms with Gasteiger partial charge in [-0.1, -0.05) is 60.7 Å². The zero-order chi connectivity index (χ0) is 12.2. The normalized spacial score (nSPS) is 33.5. The summed E-state index contributed by atoms with van der Waals surface area (Å²) >= 11 is 0. The molecule has 2 aromatic carbocycles. The minimum Gasteiger partial charge on any atom is -0.349 e. The molecular formula is C16H12O. The van der Waals surface area contributed by atoms with E-state index in [0.29, 0.717) is 0 Å². The minimum atomic E-state index is -1.02. The van der Waals surface area contributed by atoms with Gasteiger partial charge in [-0.05, 0) is 22.8 Å². The van der Waals surface area contributed by atoms with E-state index < -0.39 is 11.7 Å². The van der Waals surface area contributed by atoms with E-state index in [1.807, 2.05) is 48.6 Å². The van der Waals surface area contributed by atoms with Crippen molar-refractivity contribution in [1.82, 2.24) is 0 Å². The predicted octanol–water partition coefficient (Wildman–Crippen LogP) is 3.57. The SMILES string of the molecule is [2H][C@]12C=C[C@](c3ccccc3)(O1)c1ccccc12. The molecule has 0 radical (unpaired) electrons. The van der Waals surface area contributed by atoms with E-state index in [-0.39, 0.29) is 0 Å². The molecule has 4 rings (SSSR count). The van der Waals surface area contributed by atoms with Crippen LogP contribution in [0.25, 0.3) is 0 Å². The summed E-state index contributed by atoms with van der Waals surface area (Å²) in [5, 5.41) is 0. The molecule has 2 bridgehead atoms. The van der Waals surface area contributed by atoms with Crippen molar-refractivity contribution >= 4 is 0 Å². The first-order valence-corrected chi connectivity index (χ1v) is 5.81. The monoisotopic (exact) mass is 221 g/mol. The van der Waals surface area contributed by atoms with Gasteiger partial charge in [0.2, 0.25) is 0 Å². The summed E-state index contributed by atoms with van der Waals surface area (Å²) in [5.41, 5.74) is 2.56. The summed E-state index contributed by atoms with van der Waals surface area (Å²) in [5.74, 6) is 0. The Labute approximate surface area is 102 Å². The van der Waals surface area contributed by atoms with Gasteiger partial charge in [0.25, 0.3) is 0 Å². The molecule has 17 heavy (non-hydrogen) atoms. The largest absolute Gasteiger partial charge is 0.349 e. The highest BCUT2D eigenvalue weighted by molar-refractivity contribution is 5.54. The summed E-state index contributed by atoms with van der Waals surface area (Å²) in [6.45, 7) is 0. The molecule has 0 saturated heterocycles. The fraction of sp³-hybridized carbons (Fsp3) is 0.125. The molecule has 0 spiro atoms. The number of rotatable bonds is 1. The van der Waals surface area contributed by atoms with Crippen LogP contribution in [0.1, 0.15) is 24.1 Å². The van der Waals surface area contributed by atoms with Crippen LogP contribution in [0, 0.1) is 0 Å². The highest BCUT2D eigenvalue weighted by atomic mass is 16.5. The standard InChI is InChI=1S/C16H12O/c1-2-6-12(7-3-1)16-11-10-15(17-16)13-8-4-5-9-14(13)16/h1-11,15H/t15-,16-/m1/s1/i15D. The van der Waals surface area contributed by atoms with Gasteiger partial charge in [0.15, 0.2) is 0 Å². The zero-order valence-corrected chi connectivity index (χ0v) is 9.26. The lowest BCUT2D eigenvalue weighted by atomic mass is 9.82. The van der Waals surface area contributed by atoms with Crippen molar-refractivity contribution in [2.75, 3.05) is 0 Å². The number of benzene rings is 2. The smallest absolute Gasteiger partial charge is 0.138 e. The third kappa shape index (κ3) is 1.07. The second-order valence-electron chi connectivity index (χ2n) is 4.45. The second kappa shape index (κ2) is 3.08. The number of fused-ring (bicyclic) bond motifs is 5. The number of hydrogen-bond donors (Lipinski definition) is 0. The number of ether oxygens (including phenoxy) is 1. The Morgan fingerprint density at radius 1 is 1.00 bits per heavy atom. The van der Waals surface area contributed by atoms with Gasteiger partial charge < -0.3 is 4.74 Å². The lowest BCUT2D eigenvalue weighted by Gasteiger charge is -2.24. The van der Waals surface area contributed by atoms with Crippen molar-refractivity contribution < 1.29 is 6.11 Å². The van der Waals surface area contributed by atoms with Crippen LogP contribution in [-0.4, -0.2) is 0 Å². The summed E-state index contributed by atoms with van der Waals surface area (Å²) in [7, 11) is 0. The van der Waals surface area contributed by atoms with Gasteiger partial charge in [-0.25, -0.2) is 0 Å². The third-order valence-electron chi connectivity index (χ3n) is 3.54. The second-order valence-corrected chi connectivity index (χ2v) is 4.45. The maximum absolute atomic E-state index is 8.42. The van der Waals surface area contributed by atoms with Crippen molar-refractivity contribution in [3.63, 3.8) is 0 Å². The molecule has 1 nitrogen and oxygen atoms in total. The van der Waals surface area contributed by atoms with E-state index >= 15 is 0 Å². The number of hydrogen-bond acceptors (Lipinski definition) is 1. The molecule has 0 N–H and O–H groups in total. The van der Waals surface area contributed by atoms with Crippen molar-refractivity contribution in [2.24, 2.45) is 0 Å². The molecular weight excluding hydrogens is 208 g/mol. The van der Waals surface area contributed by atoms with Crippen LogP contribution in [0.4, 0.5) is 0 Å². The predicted molar refractivity (Wildman–Crippen MR) is 66.6 cm³/mol. The van der Waals surface area contributed by atoms with Crippen molar-refractivity contribution in [3.8, 4) is 0 Å². The summed E-state index contributed by atoms with van der Waals surface area (Å²) < 4.78 is 14.5. The van der Waals surface area contributed by atoms with E-state index in [2.05, 4.69) is 18.2 Å². The van der Waals surface area contributed by atoms with Crippen LogP contribution in [0.5, 0.6) is 0 Å². The third-order valence-corrected chi connectivity index (χ3v) is 3.54. The average molecular weight is 221 g/mol. The molecule has 0 aliphatic carbocycles. The topological polar surface area (TPSA) is 9.23 Å². The maximum atomic E-state index is 8.42. The molecule has 0 aromatic heterocycles. The first-order chi connectivity index (χ1) is 8.75. The van der Waals surface area contributed by atoms with Gasteiger partial charge in [0.1, 0.15) is 11.7 Å². The van der Waals surface area contributed by atoms with E-state index in [9.17, 15) is 0 Å². The van der Waals surface area contributed by atoms with Gasteiger partial charge in [0, 0.05) is 0 Å². The van der Waals surface area contributed by atoms with Crippen LogP contribution in [-0.2, 0) is 10.3 Å². The lowest BCUT2D eigenvalue weighted by molar-refractivity contribution is 0.0270. The minimum absolute atomic E-state index is 0.570. The van der Waals surface area contributed by atoms with E-state index in [1.165, 1.54) is 0 Å². The summed E-state index contributed by atoms with van der Waals surface area (Å²) in [6, 6.07) is 18.1. The Morgan fingerprint density at radius 3 is 2.65 bits per heavy atom. The molecule has 2 aliphatic rings. The summed E-state index contributed by atoms with van der Waals surface area (Å²) in [6.07, 6.45) is 2.84. The van der Waals surface area contributed by atoms with E-state index in [1.54, 1.807) is 0 Å². The van der Waals surface area contributed by atoms with Crippen LogP contribution >= 0.6 is 0 Å². The van der Waals surface area contributed by atoms with Crippen LogP contribution in [0.3, 0.4) is 0 Å². The summed E-state index contributed by atoms with van der Waals surface area (Å²) in [4.78, 5) is 0. The molecule has 2 atom stereocenters. The maximum Gasteiger partial charge on any atom is 0.138 e. The van der Waals surface area contributed by atoms with Crippen LogP contribution in [0.15, 0.2) is 66.7 Å². The van der Waals surface area contributed by atoms with Crippen molar-refractivity contribution in [1.29, 1.82) is 0 Å². The van der Waals surface area contributed by atoms with Crippen LogP contribution in [0.2, 0.25) is 0 Å². The van der Waals surface area contributed by atoms with Gasteiger partial charge in [0.05, 0.1) is 1.37 Å². The lowest BCUT2D eigenvalue weighted by Crippen LogP contribution is -2.22. The fourth-order valence-corrected chi connectivity index (χ4v) is 2.74. The molecule has 2 aromatic rings. The Kier molecular flexibility index (Phi) is 1.50. The molecule has 2 heterocycles. The van der Waals surface area contributed by atoms with Crippen molar-refractivity contribution in [2.45, 2.75) is 11.7 Å². The van der Waals surface area contributed by atoms with E-state index in [0.717, 1.165) is 16.7 Å². The molecule has 0 amide bonds. The average Bonchev–Trinajstić information content (AvgIpc) is 2.92. The molecule has 0 fully saturated rings. The van der Waals surface area contributed by atoms with Gasteiger partial charge in [-0.15, -0.1) is 0 Å². The molecule has 2 aliphatic heterocycles. The molecule has 0 saturated carbocycles.